The fraction of sp³-hybridized carbons (Fsp3) is 0.0769. The molecule has 112 valence electrons. The third-order valence-electron chi connectivity index (χ3n) is 2.86. The van der Waals surface area contributed by atoms with Crippen LogP contribution in [0.3, 0.4) is 0 Å². The minimum Gasteiger partial charge on any atom is -0.398 e. The number of nitrogens with two attached hydrogens (primary N) is 1. The Morgan fingerprint density at radius 3 is 2.52 bits per heavy atom. The van der Waals surface area contributed by atoms with Crippen molar-refractivity contribution >= 4 is 44.6 Å². The van der Waals surface area contributed by atoms with Gasteiger partial charge in [0, 0.05) is 11.3 Å². The van der Waals surface area contributed by atoms with Crippen LogP contribution in [0.2, 0.25) is 10.0 Å². The molecule has 2 aromatic rings. The maximum absolute atomic E-state index is 13.6. The molecule has 8 heteroatoms. The minimum absolute atomic E-state index is 0.0487. The molecule has 0 saturated carbocycles. The Hall–Kier alpha value is -1.50. The Kier molecular flexibility index (Phi) is 4.32. The molecule has 0 amide bonds. The Labute approximate surface area is 131 Å². The zero-order valence-corrected chi connectivity index (χ0v) is 13.2. The van der Waals surface area contributed by atoms with Crippen molar-refractivity contribution in [2.45, 2.75) is 11.8 Å². The number of nitrogen functional groups attached to an aromatic ring is 1. The molecule has 0 heterocycles. The van der Waals surface area contributed by atoms with Crippen molar-refractivity contribution in [1.29, 1.82) is 0 Å². The Balaban J connectivity index is 2.46. The van der Waals surface area contributed by atoms with Gasteiger partial charge in [-0.1, -0.05) is 29.3 Å². The lowest BCUT2D eigenvalue weighted by Gasteiger charge is -2.12. The highest BCUT2D eigenvalue weighted by molar-refractivity contribution is 7.92. The Morgan fingerprint density at radius 1 is 1.24 bits per heavy atom. The molecule has 0 spiro atoms. The van der Waals surface area contributed by atoms with Crippen LogP contribution < -0.4 is 10.5 Å². The van der Waals surface area contributed by atoms with E-state index < -0.39 is 15.8 Å². The molecule has 0 bridgehead atoms. The summed E-state index contributed by atoms with van der Waals surface area (Å²) in [5.74, 6) is -0.701. The van der Waals surface area contributed by atoms with E-state index in [0.717, 1.165) is 6.07 Å². The van der Waals surface area contributed by atoms with Gasteiger partial charge in [0.1, 0.15) is 5.82 Å². The summed E-state index contributed by atoms with van der Waals surface area (Å²) in [5.41, 5.74) is 5.93. The molecule has 0 aromatic heterocycles. The standard InChI is InChI=1S/C13H11Cl2FN2O2S/c1-7-10(16)5-8(6-11(7)17)21(19,20)18-12-4-2-3-9(14)13(12)15/h2-6,18H,17H2,1H3. The third-order valence-corrected chi connectivity index (χ3v) is 5.03. The molecule has 0 aliphatic heterocycles. The number of nitrogens with one attached hydrogen (secondary N) is 1. The molecule has 4 nitrogen and oxygen atoms in total. The number of rotatable bonds is 3. The van der Waals surface area contributed by atoms with Gasteiger partial charge < -0.3 is 5.73 Å². The van der Waals surface area contributed by atoms with Crippen molar-refractivity contribution in [3.05, 3.63) is 51.8 Å². The monoisotopic (exact) mass is 348 g/mol. The molecular formula is C13H11Cl2FN2O2S. The fourth-order valence-corrected chi connectivity index (χ4v) is 3.14. The predicted molar refractivity (Wildman–Crippen MR) is 82.8 cm³/mol. The SMILES string of the molecule is Cc1c(N)cc(S(=O)(=O)Nc2cccc(Cl)c2Cl)cc1F. The zero-order valence-electron chi connectivity index (χ0n) is 10.8. The summed E-state index contributed by atoms with van der Waals surface area (Å²) >= 11 is 11.7. The molecule has 0 unspecified atom stereocenters. The second-order valence-corrected chi connectivity index (χ2v) is 6.79. The second kappa shape index (κ2) is 5.71. The van der Waals surface area contributed by atoms with Crippen LogP contribution in [-0.4, -0.2) is 8.42 Å². The van der Waals surface area contributed by atoms with Crippen LogP contribution in [0.15, 0.2) is 35.2 Å². The average molecular weight is 349 g/mol. The zero-order chi connectivity index (χ0) is 15.8. The summed E-state index contributed by atoms with van der Waals surface area (Å²) in [6, 6.07) is 6.58. The molecule has 3 N–H and O–H groups in total. The largest absolute Gasteiger partial charge is 0.398 e. The summed E-state index contributed by atoms with van der Waals surface area (Å²) in [4.78, 5) is -0.292. The predicted octanol–water partition coefficient (Wildman–Crippen LogP) is 3.82. The molecule has 2 aromatic carbocycles. The number of halogens is 3. The van der Waals surface area contributed by atoms with Crippen LogP contribution in [0.5, 0.6) is 0 Å². The third kappa shape index (κ3) is 3.23. The highest BCUT2D eigenvalue weighted by atomic mass is 35.5. The number of sulfonamides is 1. The van der Waals surface area contributed by atoms with Crippen LogP contribution >= 0.6 is 23.2 Å². The second-order valence-electron chi connectivity index (χ2n) is 4.33. The number of hydrogen-bond acceptors (Lipinski definition) is 3. The summed E-state index contributed by atoms with van der Waals surface area (Å²) in [6.07, 6.45) is 0. The number of anilines is 2. The number of benzene rings is 2. The first-order valence-corrected chi connectivity index (χ1v) is 7.99. The van der Waals surface area contributed by atoms with Crippen molar-refractivity contribution in [1.82, 2.24) is 0 Å². The molecule has 0 atom stereocenters. The van der Waals surface area contributed by atoms with Crippen LogP contribution in [0.4, 0.5) is 15.8 Å². The van der Waals surface area contributed by atoms with Crippen molar-refractivity contribution in [3.63, 3.8) is 0 Å². The Bertz CT molecular complexity index is 787. The van der Waals surface area contributed by atoms with E-state index in [1.165, 1.54) is 31.2 Å². The van der Waals surface area contributed by atoms with E-state index in [0.29, 0.717) is 0 Å². The molecule has 0 aliphatic rings. The van der Waals surface area contributed by atoms with Gasteiger partial charge in [0.2, 0.25) is 0 Å². The van der Waals surface area contributed by atoms with Crippen LogP contribution in [0.1, 0.15) is 5.56 Å². The summed E-state index contributed by atoms with van der Waals surface area (Å²) < 4.78 is 40.4. The number of hydrogen-bond donors (Lipinski definition) is 2. The average Bonchev–Trinajstić information content (AvgIpc) is 2.40. The molecule has 2 rings (SSSR count). The van der Waals surface area contributed by atoms with Gasteiger partial charge in [0.25, 0.3) is 10.0 Å². The summed E-state index contributed by atoms with van der Waals surface area (Å²) in [7, 11) is -4.03. The van der Waals surface area contributed by atoms with E-state index in [4.69, 9.17) is 28.9 Å². The lowest BCUT2D eigenvalue weighted by molar-refractivity contribution is 0.593. The quantitative estimate of drug-likeness (QED) is 0.828. The molecular weight excluding hydrogens is 338 g/mol. The fourth-order valence-electron chi connectivity index (χ4n) is 1.62. The van der Waals surface area contributed by atoms with Crippen molar-refractivity contribution < 1.29 is 12.8 Å². The first-order chi connectivity index (χ1) is 9.72. The lowest BCUT2D eigenvalue weighted by atomic mass is 10.2. The van der Waals surface area contributed by atoms with Gasteiger partial charge in [0.05, 0.1) is 20.6 Å². The maximum atomic E-state index is 13.6. The molecule has 0 fully saturated rings. The van der Waals surface area contributed by atoms with Gasteiger partial charge >= 0.3 is 0 Å². The van der Waals surface area contributed by atoms with Gasteiger partial charge in [-0.25, -0.2) is 12.8 Å². The first kappa shape index (κ1) is 15.9. The van der Waals surface area contributed by atoms with Crippen LogP contribution in [0.25, 0.3) is 0 Å². The minimum atomic E-state index is -4.03. The first-order valence-electron chi connectivity index (χ1n) is 5.75. The highest BCUT2D eigenvalue weighted by Gasteiger charge is 2.19. The molecule has 0 radical (unpaired) electrons. The van der Waals surface area contributed by atoms with Crippen molar-refractivity contribution in [3.8, 4) is 0 Å². The van der Waals surface area contributed by atoms with Gasteiger partial charge in [-0.3, -0.25) is 4.72 Å². The van der Waals surface area contributed by atoms with Crippen molar-refractivity contribution in [2.75, 3.05) is 10.5 Å². The summed E-state index contributed by atoms with van der Waals surface area (Å²) in [6.45, 7) is 1.46. The van der Waals surface area contributed by atoms with E-state index in [-0.39, 0.29) is 31.9 Å². The summed E-state index contributed by atoms with van der Waals surface area (Å²) in [5, 5.41) is 0.259. The lowest BCUT2D eigenvalue weighted by Crippen LogP contribution is -2.14. The molecule has 0 saturated heterocycles. The molecule has 0 aliphatic carbocycles. The van der Waals surface area contributed by atoms with Crippen LogP contribution in [0, 0.1) is 12.7 Å². The smallest absolute Gasteiger partial charge is 0.262 e. The van der Waals surface area contributed by atoms with Gasteiger partial charge in [0.15, 0.2) is 0 Å². The van der Waals surface area contributed by atoms with E-state index >= 15 is 0 Å². The highest BCUT2D eigenvalue weighted by Crippen LogP contribution is 2.31. The topological polar surface area (TPSA) is 72.2 Å². The van der Waals surface area contributed by atoms with Crippen LogP contribution in [-0.2, 0) is 10.0 Å². The maximum Gasteiger partial charge on any atom is 0.262 e. The normalized spacial score (nSPS) is 11.4. The van der Waals surface area contributed by atoms with Gasteiger partial charge in [-0.15, -0.1) is 0 Å². The van der Waals surface area contributed by atoms with Crippen molar-refractivity contribution in [2.24, 2.45) is 0 Å². The Morgan fingerprint density at radius 2 is 1.90 bits per heavy atom. The van der Waals surface area contributed by atoms with E-state index in [1.807, 2.05) is 0 Å². The van der Waals surface area contributed by atoms with E-state index in [2.05, 4.69) is 4.72 Å². The molecule has 21 heavy (non-hydrogen) atoms. The van der Waals surface area contributed by atoms with E-state index in [1.54, 1.807) is 0 Å². The van der Waals surface area contributed by atoms with E-state index in [9.17, 15) is 12.8 Å². The van der Waals surface area contributed by atoms with Gasteiger partial charge in [-0.2, -0.15) is 0 Å². The van der Waals surface area contributed by atoms with Gasteiger partial charge in [-0.05, 0) is 31.2 Å².